The fraction of sp³-hybridized carbons (Fsp3) is 0.600. The van der Waals surface area contributed by atoms with Crippen molar-refractivity contribution in [2.24, 2.45) is 0 Å². The van der Waals surface area contributed by atoms with Crippen LogP contribution in [0, 0.1) is 0 Å². The van der Waals surface area contributed by atoms with E-state index < -0.39 is 0 Å². The van der Waals surface area contributed by atoms with Crippen molar-refractivity contribution in [1.82, 2.24) is 9.67 Å². The number of halogens is 1. The van der Waals surface area contributed by atoms with E-state index in [2.05, 4.69) is 27.0 Å². The summed E-state index contributed by atoms with van der Waals surface area (Å²) in [6, 6.07) is 0. The first-order valence-electron chi connectivity index (χ1n) is 2.94. The van der Waals surface area contributed by atoms with E-state index >= 15 is 0 Å². The first kappa shape index (κ1) is 7.88. The molecule has 0 aliphatic carbocycles. The number of hydrogen-bond acceptors (Lipinski definition) is 2. The molecule has 0 N–H and O–H groups in total. The predicted octanol–water partition coefficient (Wildman–Crippen LogP) is -0.0956. The molecule has 0 aromatic carbocycles. The Morgan fingerprint density at radius 1 is 1.70 bits per heavy atom. The first-order chi connectivity index (χ1) is 4.36. The van der Waals surface area contributed by atoms with Crippen LogP contribution in [-0.2, 0) is 13.1 Å². The number of rotatable bonds is 0. The minimum Gasteiger partial charge on any atom is -0.180 e. The minimum absolute atomic E-state index is 0. The van der Waals surface area contributed by atoms with Gasteiger partial charge in [-0.25, -0.2) is 0 Å². The highest BCUT2D eigenvalue weighted by atomic mass is 35.5. The van der Waals surface area contributed by atoms with Gasteiger partial charge in [-0.15, -0.1) is 12.4 Å². The molecule has 0 spiro atoms. The molecule has 0 fully saturated rings. The second kappa shape index (κ2) is 2.80. The molecule has 5 heteroatoms. The first-order valence-corrected chi connectivity index (χ1v) is 3.46. The molecule has 1 aromatic rings. The molecule has 3 nitrogen and oxygen atoms in total. The van der Waals surface area contributed by atoms with Gasteiger partial charge in [0.2, 0.25) is 6.33 Å². The molecule has 0 saturated carbocycles. The molecule has 2 rings (SSSR count). The number of thiol groups is 1. The van der Waals surface area contributed by atoms with Gasteiger partial charge < -0.3 is 0 Å². The van der Waals surface area contributed by atoms with Crippen LogP contribution in [0.5, 0.6) is 0 Å². The molecule has 0 amide bonds. The van der Waals surface area contributed by atoms with Gasteiger partial charge in [0, 0.05) is 0 Å². The zero-order chi connectivity index (χ0) is 6.27. The molecule has 56 valence electrons. The van der Waals surface area contributed by atoms with Crippen LogP contribution in [0.25, 0.3) is 0 Å². The Morgan fingerprint density at radius 3 is 3.20 bits per heavy atom. The fourth-order valence-corrected chi connectivity index (χ4v) is 1.44. The molecule has 1 aliphatic rings. The topological polar surface area (TPSA) is 21.7 Å². The summed E-state index contributed by atoms with van der Waals surface area (Å²) in [5, 5.41) is 0.480. The van der Waals surface area contributed by atoms with E-state index in [-0.39, 0.29) is 12.4 Å². The zero-order valence-electron chi connectivity index (χ0n) is 5.34. The van der Waals surface area contributed by atoms with E-state index in [9.17, 15) is 0 Å². The van der Waals surface area contributed by atoms with E-state index in [1.54, 1.807) is 0 Å². The fourth-order valence-electron chi connectivity index (χ4n) is 1.11. The lowest BCUT2D eigenvalue weighted by Crippen LogP contribution is -2.36. The lowest BCUT2D eigenvalue weighted by atomic mass is 10.4. The standard InChI is InChI=1S/C5H7N3S.ClH/c9-5-1-7-3-6-4-8(7)2-5;/h3-5H,1-2H2;1H/p+1. The number of nitrogens with zero attached hydrogens (tertiary/aromatic N) is 3. The molecule has 1 aromatic heterocycles. The Kier molecular flexibility index (Phi) is 2.21. The van der Waals surface area contributed by atoms with Crippen LogP contribution in [0.3, 0.4) is 0 Å². The van der Waals surface area contributed by atoms with Crippen molar-refractivity contribution in [2.75, 3.05) is 0 Å². The second-order valence-corrected chi connectivity index (χ2v) is 3.01. The summed E-state index contributed by atoms with van der Waals surface area (Å²) in [5.74, 6) is 0. The molecule has 0 saturated heterocycles. The Labute approximate surface area is 70.9 Å². The predicted molar refractivity (Wildman–Crippen MR) is 42.4 cm³/mol. The molecule has 0 atom stereocenters. The van der Waals surface area contributed by atoms with E-state index in [0.29, 0.717) is 5.25 Å². The SMILES string of the molecule is Cl.SC1Cn2cnc[n+]2C1. The lowest BCUT2D eigenvalue weighted by Gasteiger charge is -1.87. The summed E-state index contributed by atoms with van der Waals surface area (Å²) in [6.45, 7) is 1.98. The van der Waals surface area contributed by atoms with Crippen molar-refractivity contribution in [3.63, 3.8) is 0 Å². The zero-order valence-corrected chi connectivity index (χ0v) is 7.05. The molecule has 1 aliphatic heterocycles. The Balaban J connectivity index is 0.000000500. The second-order valence-electron chi connectivity index (χ2n) is 2.28. The summed E-state index contributed by atoms with van der Waals surface area (Å²) in [4.78, 5) is 3.97. The van der Waals surface area contributed by atoms with Gasteiger partial charge in [-0.2, -0.15) is 22.0 Å². The Bertz CT molecular complexity index is 204. The van der Waals surface area contributed by atoms with E-state index in [1.807, 2.05) is 12.7 Å². The highest BCUT2D eigenvalue weighted by Gasteiger charge is 2.21. The van der Waals surface area contributed by atoms with Crippen LogP contribution in [0.4, 0.5) is 0 Å². The minimum atomic E-state index is 0. The molecule has 0 unspecified atom stereocenters. The average molecular weight is 179 g/mol. The van der Waals surface area contributed by atoms with Gasteiger partial charge in [-0.3, -0.25) is 0 Å². The van der Waals surface area contributed by atoms with Gasteiger partial charge in [-0.1, -0.05) is 0 Å². The van der Waals surface area contributed by atoms with Crippen molar-refractivity contribution < 1.29 is 4.68 Å². The van der Waals surface area contributed by atoms with E-state index in [4.69, 9.17) is 0 Å². The quantitative estimate of drug-likeness (QED) is 0.435. The maximum absolute atomic E-state index is 4.33. The molecule has 10 heavy (non-hydrogen) atoms. The van der Waals surface area contributed by atoms with Gasteiger partial charge in [0.1, 0.15) is 6.54 Å². The third-order valence-corrected chi connectivity index (χ3v) is 1.85. The summed E-state index contributed by atoms with van der Waals surface area (Å²) < 4.78 is 4.13. The maximum atomic E-state index is 4.33. The number of hydrogen-bond donors (Lipinski definition) is 1. The lowest BCUT2D eigenvalue weighted by molar-refractivity contribution is -0.758. The van der Waals surface area contributed by atoms with Crippen LogP contribution in [-0.4, -0.2) is 14.9 Å². The Morgan fingerprint density at radius 2 is 2.50 bits per heavy atom. The van der Waals surface area contributed by atoms with Gasteiger partial charge in [0.15, 0.2) is 0 Å². The van der Waals surface area contributed by atoms with Gasteiger partial charge in [0.25, 0.3) is 0 Å². The third kappa shape index (κ3) is 1.13. The van der Waals surface area contributed by atoms with Gasteiger partial charge in [-0.05, 0) is 4.98 Å². The van der Waals surface area contributed by atoms with Crippen LogP contribution >= 0.6 is 25.0 Å². The van der Waals surface area contributed by atoms with Crippen molar-refractivity contribution in [2.45, 2.75) is 18.3 Å². The number of fused-ring (bicyclic) bond motifs is 1. The largest absolute Gasteiger partial charge is 0.306 e. The monoisotopic (exact) mass is 178 g/mol. The van der Waals surface area contributed by atoms with E-state index in [1.165, 1.54) is 0 Å². The highest BCUT2D eigenvalue weighted by molar-refractivity contribution is 7.80. The Hall–Kier alpha value is -0.220. The summed E-state index contributed by atoms with van der Waals surface area (Å²) in [6.07, 6.45) is 3.66. The molecular formula is C5H9ClN3S+. The smallest absolute Gasteiger partial charge is 0.180 e. The molecular weight excluding hydrogens is 170 g/mol. The average Bonchev–Trinajstić information content (AvgIpc) is 2.22. The van der Waals surface area contributed by atoms with Crippen molar-refractivity contribution in [3.8, 4) is 0 Å². The maximum Gasteiger partial charge on any atom is 0.306 e. The summed E-state index contributed by atoms with van der Waals surface area (Å²) in [5.41, 5.74) is 0. The molecule has 2 heterocycles. The van der Waals surface area contributed by atoms with Crippen molar-refractivity contribution in [3.05, 3.63) is 12.7 Å². The van der Waals surface area contributed by atoms with E-state index in [0.717, 1.165) is 13.1 Å². The summed E-state index contributed by atoms with van der Waals surface area (Å²) >= 11 is 4.33. The highest BCUT2D eigenvalue weighted by Crippen LogP contribution is 2.03. The molecule has 0 radical (unpaired) electrons. The normalized spacial score (nSPS) is 21.9. The van der Waals surface area contributed by atoms with Crippen LogP contribution in [0.1, 0.15) is 0 Å². The number of aromatic nitrogens is 3. The van der Waals surface area contributed by atoms with Crippen molar-refractivity contribution in [1.29, 1.82) is 0 Å². The van der Waals surface area contributed by atoms with Crippen LogP contribution < -0.4 is 4.68 Å². The molecule has 0 bridgehead atoms. The van der Waals surface area contributed by atoms with Crippen LogP contribution in [0.2, 0.25) is 0 Å². The van der Waals surface area contributed by atoms with Gasteiger partial charge in [0.05, 0.1) is 11.8 Å². The van der Waals surface area contributed by atoms with Crippen LogP contribution in [0.15, 0.2) is 12.7 Å². The summed E-state index contributed by atoms with van der Waals surface area (Å²) in [7, 11) is 0. The van der Waals surface area contributed by atoms with Gasteiger partial charge >= 0.3 is 6.33 Å². The third-order valence-electron chi connectivity index (χ3n) is 1.53. The van der Waals surface area contributed by atoms with Crippen molar-refractivity contribution >= 4 is 25.0 Å².